The normalized spacial score (nSPS) is 11.8. The lowest BCUT2D eigenvalue weighted by Gasteiger charge is -1.94. The van der Waals surface area contributed by atoms with Gasteiger partial charge in [0.25, 0.3) is 0 Å². The van der Waals surface area contributed by atoms with Gasteiger partial charge in [-0.05, 0) is 12.3 Å². The van der Waals surface area contributed by atoms with Crippen molar-refractivity contribution in [3.63, 3.8) is 0 Å². The van der Waals surface area contributed by atoms with Crippen molar-refractivity contribution >= 4 is 12.6 Å². The van der Waals surface area contributed by atoms with Gasteiger partial charge in [-0.15, -0.1) is 0 Å². The topological polar surface area (TPSA) is 20.2 Å². The zero-order valence-electron chi connectivity index (χ0n) is 4.89. The van der Waals surface area contributed by atoms with E-state index in [-0.39, 0.29) is 5.25 Å². The molecule has 0 fully saturated rings. The number of aliphatic hydroxyl groups excluding tert-OH is 1. The Morgan fingerprint density at radius 3 is 2.75 bits per heavy atom. The zero-order chi connectivity index (χ0) is 6.41. The highest BCUT2D eigenvalue weighted by molar-refractivity contribution is 7.81. The van der Waals surface area contributed by atoms with Gasteiger partial charge < -0.3 is 5.11 Å². The van der Waals surface area contributed by atoms with E-state index >= 15 is 0 Å². The molecule has 1 atom stereocenters. The Kier molecular flexibility index (Phi) is 4.68. The fraction of sp³-hybridized carbons (Fsp3) is 0.667. The second-order valence-electron chi connectivity index (χ2n) is 1.56. The van der Waals surface area contributed by atoms with E-state index in [9.17, 15) is 0 Å². The molecule has 0 aromatic rings. The SMILES string of the molecule is CCCC(S)C#CO. The molecular weight excluding hydrogens is 120 g/mol. The number of hydrogen-bond donors (Lipinski definition) is 2. The fourth-order valence-electron chi connectivity index (χ4n) is 0.420. The van der Waals surface area contributed by atoms with Crippen molar-refractivity contribution < 1.29 is 5.11 Å². The van der Waals surface area contributed by atoms with Crippen LogP contribution < -0.4 is 0 Å². The molecule has 0 amide bonds. The first kappa shape index (κ1) is 7.71. The third-order valence-corrected chi connectivity index (χ3v) is 1.18. The van der Waals surface area contributed by atoms with Crippen LogP contribution in [0.3, 0.4) is 0 Å². The third kappa shape index (κ3) is 3.89. The lowest BCUT2D eigenvalue weighted by atomic mass is 10.2. The monoisotopic (exact) mass is 130 g/mol. The number of thiol groups is 1. The van der Waals surface area contributed by atoms with E-state index in [1.54, 1.807) is 0 Å². The molecule has 46 valence electrons. The summed E-state index contributed by atoms with van der Waals surface area (Å²) in [4.78, 5) is 0. The van der Waals surface area contributed by atoms with Gasteiger partial charge in [-0.2, -0.15) is 12.6 Å². The minimum absolute atomic E-state index is 0.0463. The molecule has 0 aliphatic carbocycles. The molecule has 0 aliphatic rings. The van der Waals surface area contributed by atoms with Crippen molar-refractivity contribution in [2.45, 2.75) is 25.0 Å². The number of hydrogen-bond acceptors (Lipinski definition) is 2. The van der Waals surface area contributed by atoms with Gasteiger partial charge in [0, 0.05) is 0 Å². The highest BCUT2D eigenvalue weighted by Gasteiger charge is 1.92. The largest absolute Gasteiger partial charge is 0.462 e. The molecule has 0 aromatic heterocycles. The molecule has 0 rings (SSSR count). The molecule has 0 saturated carbocycles. The van der Waals surface area contributed by atoms with E-state index in [1.165, 1.54) is 0 Å². The second kappa shape index (κ2) is 4.86. The van der Waals surface area contributed by atoms with Gasteiger partial charge in [0.2, 0.25) is 0 Å². The van der Waals surface area contributed by atoms with Crippen LogP contribution in [-0.4, -0.2) is 10.4 Å². The highest BCUT2D eigenvalue weighted by Crippen LogP contribution is 2.01. The quantitative estimate of drug-likeness (QED) is 0.428. The molecule has 1 unspecified atom stereocenters. The lowest BCUT2D eigenvalue weighted by molar-refractivity contribution is 0.516. The van der Waals surface area contributed by atoms with E-state index in [0.29, 0.717) is 0 Å². The molecule has 0 heterocycles. The van der Waals surface area contributed by atoms with Gasteiger partial charge in [-0.1, -0.05) is 13.3 Å². The summed E-state index contributed by atoms with van der Waals surface area (Å²) in [5.74, 6) is 2.52. The summed E-state index contributed by atoms with van der Waals surface area (Å²) in [5, 5.41) is 8.10. The van der Waals surface area contributed by atoms with Crippen LogP contribution in [0.15, 0.2) is 0 Å². The van der Waals surface area contributed by atoms with Crippen molar-refractivity contribution in [1.82, 2.24) is 0 Å². The van der Waals surface area contributed by atoms with Crippen LogP contribution in [-0.2, 0) is 0 Å². The van der Waals surface area contributed by atoms with Crippen molar-refractivity contribution in [3.05, 3.63) is 0 Å². The maximum Gasteiger partial charge on any atom is 0.108 e. The predicted molar refractivity (Wildman–Crippen MR) is 37.4 cm³/mol. The van der Waals surface area contributed by atoms with E-state index in [1.807, 2.05) is 6.11 Å². The molecule has 0 radical (unpaired) electrons. The molecule has 0 bridgehead atoms. The van der Waals surface area contributed by atoms with Crippen LogP contribution in [0.5, 0.6) is 0 Å². The zero-order valence-corrected chi connectivity index (χ0v) is 5.78. The van der Waals surface area contributed by atoms with E-state index < -0.39 is 0 Å². The Balaban J connectivity index is 3.27. The molecular formula is C6H10OS. The average Bonchev–Trinajstić information content (AvgIpc) is 1.68. The van der Waals surface area contributed by atoms with Crippen molar-refractivity contribution in [1.29, 1.82) is 0 Å². The van der Waals surface area contributed by atoms with Gasteiger partial charge in [-0.25, -0.2) is 0 Å². The Morgan fingerprint density at radius 1 is 1.75 bits per heavy atom. The molecule has 0 spiro atoms. The Hall–Kier alpha value is -0.290. The second-order valence-corrected chi connectivity index (χ2v) is 2.18. The summed E-state index contributed by atoms with van der Waals surface area (Å²) in [7, 11) is 0. The third-order valence-electron chi connectivity index (χ3n) is 0.793. The summed E-state index contributed by atoms with van der Waals surface area (Å²) >= 11 is 4.06. The molecule has 0 aliphatic heterocycles. The van der Waals surface area contributed by atoms with Gasteiger partial charge in [0.05, 0.1) is 5.25 Å². The molecule has 1 N–H and O–H groups in total. The summed E-state index contributed by atoms with van der Waals surface area (Å²) in [5.41, 5.74) is 0. The van der Waals surface area contributed by atoms with Crippen LogP contribution in [0.4, 0.5) is 0 Å². The predicted octanol–water partition coefficient (Wildman–Crippen LogP) is 1.42. The van der Waals surface area contributed by atoms with Gasteiger partial charge in [-0.3, -0.25) is 0 Å². The van der Waals surface area contributed by atoms with Crippen LogP contribution in [0.1, 0.15) is 19.8 Å². The minimum atomic E-state index is 0.0463. The van der Waals surface area contributed by atoms with Crippen LogP contribution in [0.2, 0.25) is 0 Å². The molecule has 1 nitrogen and oxygen atoms in total. The van der Waals surface area contributed by atoms with Crippen LogP contribution >= 0.6 is 12.6 Å². The molecule has 2 heteroatoms. The fourth-order valence-corrected chi connectivity index (χ4v) is 0.736. The summed E-state index contributed by atoms with van der Waals surface area (Å²) in [6, 6.07) is 0. The minimum Gasteiger partial charge on any atom is -0.462 e. The van der Waals surface area contributed by atoms with E-state index in [4.69, 9.17) is 5.11 Å². The Bertz CT molecular complexity index is 101. The van der Waals surface area contributed by atoms with Crippen molar-refractivity contribution in [3.8, 4) is 12.0 Å². The summed E-state index contributed by atoms with van der Waals surface area (Å²) < 4.78 is 0. The first-order valence-electron chi connectivity index (χ1n) is 2.64. The smallest absolute Gasteiger partial charge is 0.108 e. The number of aliphatic hydroxyl groups is 1. The first-order valence-corrected chi connectivity index (χ1v) is 3.15. The van der Waals surface area contributed by atoms with Crippen LogP contribution in [0.25, 0.3) is 0 Å². The first-order chi connectivity index (χ1) is 3.81. The lowest BCUT2D eigenvalue weighted by Crippen LogP contribution is -1.91. The maximum atomic E-state index is 8.05. The summed E-state index contributed by atoms with van der Waals surface area (Å²) in [6.07, 6.45) is 3.83. The Morgan fingerprint density at radius 2 is 2.38 bits per heavy atom. The van der Waals surface area contributed by atoms with Gasteiger partial charge in [0.15, 0.2) is 0 Å². The summed E-state index contributed by atoms with van der Waals surface area (Å²) in [6.45, 7) is 2.06. The molecule has 8 heavy (non-hydrogen) atoms. The average molecular weight is 130 g/mol. The molecule has 0 aromatic carbocycles. The molecule has 0 saturated heterocycles. The number of rotatable bonds is 2. The maximum absolute atomic E-state index is 8.05. The standard InChI is InChI=1S/C6H10OS/c1-2-3-6(8)4-5-7/h6-8H,2-3H2,1H3. The van der Waals surface area contributed by atoms with Crippen LogP contribution in [0, 0.1) is 12.0 Å². The van der Waals surface area contributed by atoms with Gasteiger partial charge >= 0.3 is 0 Å². The van der Waals surface area contributed by atoms with Crippen molar-refractivity contribution in [2.24, 2.45) is 0 Å². The Labute approximate surface area is 55.5 Å². The highest BCUT2D eigenvalue weighted by atomic mass is 32.1. The van der Waals surface area contributed by atoms with E-state index in [0.717, 1.165) is 12.8 Å². The van der Waals surface area contributed by atoms with Gasteiger partial charge in [0.1, 0.15) is 6.11 Å². The van der Waals surface area contributed by atoms with E-state index in [2.05, 4.69) is 25.5 Å². The van der Waals surface area contributed by atoms with Crippen molar-refractivity contribution in [2.75, 3.05) is 0 Å².